The third kappa shape index (κ3) is 3.32. The topological polar surface area (TPSA) is 40.6 Å². The standard InChI is InChI=1S/C18H24N2O2/c1-14-6-5-9-19(11-14)18(22)16-10-17(21)20(13-16)12-15-7-3-2-4-8-15/h2-4,7-8,14,16H,5-6,9-13H2,1H3. The van der Waals surface area contributed by atoms with Crippen molar-refractivity contribution in [3.05, 3.63) is 35.9 Å². The van der Waals surface area contributed by atoms with E-state index in [0.29, 0.717) is 25.4 Å². The van der Waals surface area contributed by atoms with Crippen molar-refractivity contribution in [3.8, 4) is 0 Å². The van der Waals surface area contributed by atoms with Gasteiger partial charge in [0.25, 0.3) is 0 Å². The van der Waals surface area contributed by atoms with Gasteiger partial charge in [-0.3, -0.25) is 9.59 Å². The molecule has 0 saturated carbocycles. The van der Waals surface area contributed by atoms with Crippen LogP contribution in [0.25, 0.3) is 0 Å². The van der Waals surface area contributed by atoms with Crippen LogP contribution >= 0.6 is 0 Å². The number of likely N-dealkylation sites (tertiary alicyclic amines) is 2. The number of amides is 2. The van der Waals surface area contributed by atoms with E-state index >= 15 is 0 Å². The molecule has 0 aliphatic carbocycles. The largest absolute Gasteiger partial charge is 0.342 e. The fourth-order valence-corrected chi connectivity index (χ4v) is 3.54. The predicted molar refractivity (Wildman–Crippen MR) is 84.9 cm³/mol. The summed E-state index contributed by atoms with van der Waals surface area (Å²) in [4.78, 5) is 28.6. The van der Waals surface area contributed by atoms with Crippen molar-refractivity contribution in [2.24, 2.45) is 11.8 Å². The van der Waals surface area contributed by atoms with E-state index in [9.17, 15) is 9.59 Å². The maximum absolute atomic E-state index is 12.6. The minimum atomic E-state index is -0.151. The molecule has 3 rings (SSSR count). The second-order valence-electron chi connectivity index (χ2n) is 6.69. The molecule has 0 N–H and O–H groups in total. The number of piperidine rings is 1. The first-order chi connectivity index (χ1) is 10.6. The predicted octanol–water partition coefficient (Wildman–Crippen LogP) is 2.29. The lowest BCUT2D eigenvalue weighted by Crippen LogP contribution is -2.43. The van der Waals surface area contributed by atoms with Crippen LogP contribution < -0.4 is 0 Å². The van der Waals surface area contributed by atoms with Crippen LogP contribution in [-0.2, 0) is 16.1 Å². The van der Waals surface area contributed by atoms with Crippen LogP contribution in [0.4, 0.5) is 0 Å². The van der Waals surface area contributed by atoms with E-state index in [0.717, 1.165) is 25.1 Å². The Labute approximate surface area is 132 Å². The van der Waals surface area contributed by atoms with E-state index in [-0.39, 0.29) is 17.7 Å². The van der Waals surface area contributed by atoms with Crippen molar-refractivity contribution in [1.29, 1.82) is 0 Å². The zero-order chi connectivity index (χ0) is 15.5. The lowest BCUT2D eigenvalue weighted by atomic mass is 9.98. The second kappa shape index (κ2) is 6.51. The molecule has 1 aromatic carbocycles. The lowest BCUT2D eigenvalue weighted by Gasteiger charge is -2.32. The van der Waals surface area contributed by atoms with E-state index in [2.05, 4.69) is 6.92 Å². The molecule has 2 aliphatic heterocycles. The number of nitrogens with zero attached hydrogens (tertiary/aromatic N) is 2. The number of carbonyl (C=O) groups excluding carboxylic acids is 2. The number of carbonyl (C=O) groups is 2. The SMILES string of the molecule is CC1CCCN(C(=O)C2CC(=O)N(Cc3ccccc3)C2)C1. The second-order valence-corrected chi connectivity index (χ2v) is 6.69. The van der Waals surface area contributed by atoms with Crippen molar-refractivity contribution in [3.63, 3.8) is 0 Å². The molecule has 118 valence electrons. The molecule has 1 aromatic rings. The third-order valence-electron chi connectivity index (χ3n) is 4.75. The van der Waals surface area contributed by atoms with Crippen molar-refractivity contribution >= 4 is 11.8 Å². The highest BCUT2D eigenvalue weighted by molar-refractivity contribution is 5.89. The number of hydrogen-bond donors (Lipinski definition) is 0. The first-order valence-electron chi connectivity index (χ1n) is 8.24. The van der Waals surface area contributed by atoms with Crippen LogP contribution in [0.15, 0.2) is 30.3 Å². The number of hydrogen-bond acceptors (Lipinski definition) is 2. The summed E-state index contributed by atoms with van der Waals surface area (Å²) in [6.07, 6.45) is 2.66. The first-order valence-corrected chi connectivity index (χ1v) is 8.24. The maximum atomic E-state index is 12.6. The van der Waals surface area contributed by atoms with Crippen molar-refractivity contribution in [2.45, 2.75) is 32.7 Å². The summed E-state index contributed by atoms with van der Waals surface area (Å²) in [7, 11) is 0. The molecule has 0 spiro atoms. The minimum absolute atomic E-state index is 0.104. The normalized spacial score (nSPS) is 25.6. The fraction of sp³-hybridized carbons (Fsp3) is 0.556. The molecule has 22 heavy (non-hydrogen) atoms. The number of rotatable bonds is 3. The summed E-state index contributed by atoms with van der Waals surface area (Å²) in [5, 5.41) is 0. The number of benzene rings is 1. The van der Waals surface area contributed by atoms with Crippen molar-refractivity contribution in [1.82, 2.24) is 9.80 Å². The van der Waals surface area contributed by atoms with Gasteiger partial charge in [0.15, 0.2) is 0 Å². The Bertz CT molecular complexity index is 543. The molecule has 0 aromatic heterocycles. The van der Waals surface area contributed by atoms with Gasteiger partial charge in [0.05, 0.1) is 5.92 Å². The minimum Gasteiger partial charge on any atom is -0.342 e. The molecule has 2 saturated heterocycles. The molecular formula is C18H24N2O2. The molecule has 4 nitrogen and oxygen atoms in total. The van der Waals surface area contributed by atoms with Crippen LogP contribution in [0.3, 0.4) is 0 Å². The zero-order valence-corrected chi connectivity index (χ0v) is 13.2. The van der Waals surface area contributed by atoms with E-state index in [4.69, 9.17) is 0 Å². The van der Waals surface area contributed by atoms with Crippen LogP contribution in [0.2, 0.25) is 0 Å². The van der Waals surface area contributed by atoms with Crippen molar-refractivity contribution in [2.75, 3.05) is 19.6 Å². The van der Waals surface area contributed by atoms with E-state index in [1.807, 2.05) is 40.1 Å². The van der Waals surface area contributed by atoms with Crippen LogP contribution in [0, 0.1) is 11.8 Å². The van der Waals surface area contributed by atoms with Gasteiger partial charge in [0.2, 0.25) is 11.8 Å². The Kier molecular flexibility index (Phi) is 4.46. The van der Waals surface area contributed by atoms with Gasteiger partial charge in [-0.1, -0.05) is 37.3 Å². The van der Waals surface area contributed by atoms with Gasteiger partial charge in [0.1, 0.15) is 0 Å². The average Bonchev–Trinajstić information content (AvgIpc) is 2.88. The van der Waals surface area contributed by atoms with Crippen molar-refractivity contribution < 1.29 is 9.59 Å². The van der Waals surface area contributed by atoms with Crippen LogP contribution in [-0.4, -0.2) is 41.2 Å². The van der Waals surface area contributed by atoms with Gasteiger partial charge in [-0.2, -0.15) is 0 Å². The summed E-state index contributed by atoms with van der Waals surface area (Å²) in [5.41, 5.74) is 1.12. The molecule has 0 bridgehead atoms. The third-order valence-corrected chi connectivity index (χ3v) is 4.75. The summed E-state index contributed by atoms with van der Waals surface area (Å²) in [6, 6.07) is 9.98. The molecule has 2 atom stereocenters. The maximum Gasteiger partial charge on any atom is 0.228 e. The highest BCUT2D eigenvalue weighted by atomic mass is 16.2. The van der Waals surface area contributed by atoms with E-state index in [1.54, 1.807) is 0 Å². The monoisotopic (exact) mass is 300 g/mol. The molecule has 2 heterocycles. The molecule has 2 aliphatic rings. The van der Waals surface area contributed by atoms with Gasteiger partial charge in [0, 0.05) is 32.6 Å². The van der Waals surface area contributed by atoms with Crippen LogP contribution in [0.1, 0.15) is 31.7 Å². The highest BCUT2D eigenvalue weighted by Gasteiger charge is 2.37. The summed E-state index contributed by atoms with van der Waals surface area (Å²) in [6.45, 7) is 5.08. The molecule has 2 fully saturated rings. The van der Waals surface area contributed by atoms with E-state index in [1.165, 1.54) is 6.42 Å². The lowest BCUT2D eigenvalue weighted by molar-refractivity contribution is -0.137. The Balaban J connectivity index is 1.60. The Hall–Kier alpha value is -1.84. The molecule has 4 heteroatoms. The zero-order valence-electron chi connectivity index (χ0n) is 13.2. The molecular weight excluding hydrogens is 276 g/mol. The van der Waals surface area contributed by atoms with Gasteiger partial charge >= 0.3 is 0 Å². The van der Waals surface area contributed by atoms with Gasteiger partial charge in [-0.15, -0.1) is 0 Å². The molecule has 2 unspecified atom stereocenters. The van der Waals surface area contributed by atoms with Crippen LogP contribution in [0.5, 0.6) is 0 Å². The summed E-state index contributed by atoms with van der Waals surface area (Å²) in [5.74, 6) is 0.708. The molecule has 0 radical (unpaired) electrons. The fourth-order valence-electron chi connectivity index (χ4n) is 3.54. The van der Waals surface area contributed by atoms with E-state index < -0.39 is 0 Å². The average molecular weight is 300 g/mol. The molecule has 2 amide bonds. The van der Waals surface area contributed by atoms with Gasteiger partial charge in [-0.05, 0) is 24.3 Å². The Morgan fingerprint density at radius 1 is 1.23 bits per heavy atom. The summed E-state index contributed by atoms with van der Waals surface area (Å²) < 4.78 is 0. The quantitative estimate of drug-likeness (QED) is 0.859. The summed E-state index contributed by atoms with van der Waals surface area (Å²) >= 11 is 0. The smallest absolute Gasteiger partial charge is 0.228 e. The Morgan fingerprint density at radius 3 is 2.73 bits per heavy atom. The van der Waals surface area contributed by atoms with Gasteiger partial charge in [-0.25, -0.2) is 0 Å². The highest BCUT2D eigenvalue weighted by Crippen LogP contribution is 2.24. The first kappa shape index (κ1) is 15.1. The Morgan fingerprint density at radius 2 is 2.00 bits per heavy atom. The van der Waals surface area contributed by atoms with Gasteiger partial charge < -0.3 is 9.80 Å².